The summed E-state index contributed by atoms with van der Waals surface area (Å²) in [5, 5.41) is 14.0. The fraction of sp³-hybridized carbons (Fsp3) is 0.500. The Kier molecular flexibility index (Phi) is 3.50. The van der Waals surface area contributed by atoms with Gasteiger partial charge in [-0.3, -0.25) is 4.79 Å². The van der Waals surface area contributed by atoms with Gasteiger partial charge in [-0.2, -0.15) is 0 Å². The van der Waals surface area contributed by atoms with Gasteiger partial charge < -0.3 is 21.1 Å². The Morgan fingerprint density at radius 2 is 2.35 bits per heavy atom. The lowest BCUT2D eigenvalue weighted by Crippen LogP contribution is -2.34. The standard InChI is InChI=1S/C10H15N5O2/c1-17-8-5-12-4-7(8)13-9-3-2-6(10(11)16)14-15-9/h2-3,7-8,12H,4-5H2,1H3,(H2,11,16)(H,13,15)/t7?,8-/m0/s1. The molecule has 1 aromatic rings. The van der Waals surface area contributed by atoms with Crippen LogP contribution in [-0.2, 0) is 4.74 Å². The smallest absolute Gasteiger partial charge is 0.269 e. The normalized spacial score (nSPS) is 23.6. The van der Waals surface area contributed by atoms with E-state index in [-0.39, 0.29) is 17.8 Å². The molecule has 2 rings (SSSR count). The van der Waals surface area contributed by atoms with Crippen LogP contribution in [0.1, 0.15) is 10.5 Å². The molecule has 1 fully saturated rings. The van der Waals surface area contributed by atoms with Gasteiger partial charge in [-0.1, -0.05) is 0 Å². The molecule has 1 aliphatic rings. The van der Waals surface area contributed by atoms with Crippen molar-refractivity contribution in [2.75, 3.05) is 25.5 Å². The van der Waals surface area contributed by atoms with Gasteiger partial charge in [0.1, 0.15) is 5.82 Å². The molecule has 7 nitrogen and oxygen atoms in total. The predicted molar refractivity (Wildman–Crippen MR) is 61.6 cm³/mol. The first-order valence-corrected chi connectivity index (χ1v) is 5.34. The van der Waals surface area contributed by atoms with E-state index in [0.717, 1.165) is 13.1 Å². The highest BCUT2D eigenvalue weighted by Crippen LogP contribution is 2.10. The molecule has 17 heavy (non-hydrogen) atoms. The molecular formula is C10H15N5O2. The zero-order chi connectivity index (χ0) is 12.3. The maximum Gasteiger partial charge on any atom is 0.269 e. The molecule has 92 valence electrons. The Hall–Kier alpha value is -1.73. The molecule has 0 saturated carbocycles. The average molecular weight is 237 g/mol. The highest BCUT2D eigenvalue weighted by atomic mass is 16.5. The Morgan fingerprint density at radius 1 is 1.53 bits per heavy atom. The monoisotopic (exact) mass is 237 g/mol. The molecular weight excluding hydrogens is 222 g/mol. The highest BCUT2D eigenvalue weighted by molar-refractivity contribution is 5.90. The van der Waals surface area contributed by atoms with Gasteiger partial charge in [0.2, 0.25) is 0 Å². The molecule has 4 N–H and O–H groups in total. The summed E-state index contributed by atoms with van der Waals surface area (Å²) in [6, 6.07) is 3.37. The zero-order valence-electron chi connectivity index (χ0n) is 9.51. The van der Waals surface area contributed by atoms with E-state index in [0.29, 0.717) is 5.82 Å². The lowest BCUT2D eigenvalue weighted by atomic mass is 10.2. The maximum atomic E-state index is 10.8. The second kappa shape index (κ2) is 5.07. The van der Waals surface area contributed by atoms with Crippen molar-refractivity contribution in [1.29, 1.82) is 0 Å². The molecule has 1 amide bonds. The van der Waals surface area contributed by atoms with Crippen molar-refractivity contribution in [3.8, 4) is 0 Å². The molecule has 0 aromatic carbocycles. The summed E-state index contributed by atoms with van der Waals surface area (Å²) in [6.45, 7) is 1.61. The Bertz CT molecular complexity index is 394. The number of primary amides is 1. The van der Waals surface area contributed by atoms with Crippen molar-refractivity contribution in [2.24, 2.45) is 5.73 Å². The number of aromatic nitrogens is 2. The summed E-state index contributed by atoms with van der Waals surface area (Å²) >= 11 is 0. The Morgan fingerprint density at radius 3 is 2.94 bits per heavy atom. The van der Waals surface area contributed by atoms with Crippen LogP contribution in [0.2, 0.25) is 0 Å². The molecule has 7 heteroatoms. The summed E-state index contributed by atoms with van der Waals surface area (Å²) in [5.74, 6) is 0.0205. The topological polar surface area (TPSA) is 102 Å². The number of methoxy groups -OCH3 is 1. The highest BCUT2D eigenvalue weighted by Gasteiger charge is 2.26. The Labute approximate surface area is 98.7 Å². The second-order valence-electron chi connectivity index (χ2n) is 3.85. The second-order valence-corrected chi connectivity index (χ2v) is 3.85. The van der Waals surface area contributed by atoms with Crippen molar-refractivity contribution in [3.05, 3.63) is 17.8 Å². The van der Waals surface area contributed by atoms with Crippen LogP contribution in [0, 0.1) is 0 Å². The van der Waals surface area contributed by atoms with Gasteiger partial charge in [0, 0.05) is 20.2 Å². The average Bonchev–Trinajstić information content (AvgIpc) is 2.77. The van der Waals surface area contributed by atoms with Crippen LogP contribution in [-0.4, -0.2) is 48.4 Å². The van der Waals surface area contributed by atoms with Crippen molar-refractivity contribution >= 4 is 11.7 Å². The third kappa shape index (κ3) is 2.69. The number of nitrogens with zero attached hydrogens (tertiary/aromatic N) is 2. The number of ether oxygens (including phenoxy) is 1. The van der Waals surface area contributed by atoms with Gasteiger partial charge in [0.05, 0.1) is 12.1 Å². The summed E-state index contributed by atoms with van der Waals surface area (Å²) < 4.78 is 5.31. The number of rotatable bonds is 4. The third-order valence-corrected chi connectivity index (χ3v) is 2.71. The number of nitrogens with two attached hydrogens (primary N) is 1. The van der Waals surface area contributed by atoms with E-state index in [1.165, 1.54) is 0 Å². The minimum Gasteiger partial charge on any atom is -0.378 e. The molecule has 1 aliphatic heterocycles. The van der Waals surface area contributed by atoms with Crippen LogP contribution in [0.5, 0.6) is 0 Å². The molecule has 2 heterocycles. The first-order valence-electron chi connectivity index (χ1n) is 5.34. The lowest BCUT2D eigenvalue weighted by Gasteiger charge is -2.18. The van der Waals surface area contributed by atoms with Gasteiger partial charge >= 0.3 is 0 Å². The van der Waals surface area contributed by atoms with Crippen LogP contribution >= 0.6 is 0 Å². The number of anilines is 1. The van der Waals surface area contributed by atoms with Crippen LogP contribution in [0.15, 0.2) is 12.1 Å². The first kappa shape index (κ1) is 11.7. The van der Waals surface area contributed by atoms with Crippen LogP contribution in [0.3, 0.4) is 0 Å². The quantitative estimate of drug-likeness (QED) is 0.619. The van der Waals surface area contributed by atoms with Gasteiger partial charge in [-0.25, -0.2) is 0 Å². The number of hydrogen-bond donors (Lipinski definition) is 3. The van der Waals surface area contributed by atoms with Crippen molar-refractivity contribution in [3.63, 3.8) is 0 Å². The first-order chi connectivity index (χ1) is 8.20. The van der Waals surface area contributed by atoms with E-state index < -0.39 is 5.91 Å². The fourth-order valence-electron chi connectivity index (χ4n) is 1.78. The van der Waals surface area contributed by atoms with Crippen LogP contribution in [0.4, 0.5) is 5.82 Å². The number of carbonyl (C=O) groups is 1. The fourth-order valence-corrected chi connectivity index (χ4v) is 1.78. The van der Waals surface area contributed by atoms with E-state index in [4.69, 9.17) is 10.5 Å². The maximum absolute atomic E-state index is 10.8. The Balaban J connectivity index is 2.01. The number of nitrogens with one attached hydrogen (secondary N) is 2. The van der Waals surface area contributed by atoms with Gasteiger partial charge in [-0.05, 0) is 12.1 Å². The van der Waals surface area contributed by atoms with Crippen molar-refractivity contribution < 1.29 is 9.53 Å². The third-order valence-electron chi connectivity index (χ3n) is 2.71. The van der Waals surface area contributed by atoms with E-state index in [1.807, 2.05) is 0 Å². The molecule has 1 aromatic heterocycles. The predicted octanol–water partition coefficient (Wildman–Crippen LogP) is -1.03. The van der Waals surface area contributed by atoms with E-state index in [2.05, 4.69) is 20.8 Å². The van der Waals surface area contributed by atoms with E-state index in [9.17, 15) is 4.79 Å². The van der Waals surface area contributed by atoms with Gasteiger partial charge in [0.25, 0.3) is 5.91 Å². The molecule has 0 aliphatic carbocycles. The SMILES string of the molecule is CO[C@H]1CNCC1Nc1ccc(C(N)=O)nn1. The van der Waals surface area contributed by atoms with Gasteiger partial charge in [-0.15, -0.1) is 10.2 Å². The summed E-state index contributed by atoms with van der Waals surface area (Å²) in [6.07, 6.45) is 0.104. The largest absolute Gasteiger partial charge is 0.378 e. The van der Waals surface area contributed by atoms with E-state index >= 15 is 0 Å². The molecule has 1 saturated heterocycles. The number of carbonyl (C=O) groups excluding carboxylic acids is 1. The van der Waals surface area contributed by atoms with Crippen LogP contribution < -0.4 is 16.4 Å². The van der Waals surface area contributed by atoms with Crippen molar-refractivity contribution in [1.82, 2.24) is 15.5 Å². The molecule has 0 bridgehead atoms. The van der Waals surface area contributed by atoms with Crippen molar-refractivity contribution in [2.45, 2.75) is 12.1 Å². The number of amides is 1. The molecule has 0 spiro atoms. The van der Waals surface area contributed by atoms with E-state index in [1.54, 1.807) is 19.2 Å². The summed E-state index contributed by atoms with van der Waals surface area (Å²) in [7, 11) is 1.67. The minimum atomic E-state index is -0.582. The summed E-state index contributed by atoms with van der Waals surface area (Å²) in [5.41, 5.74) is 5.24. The molecule has 2 atom stereocenters. The van der Waals surface area contributed by atoms with Crippen LogP contribution in [0.25, 0.3) is 0 Å². The molecule has 0 radical (unpaired) electrons. The van der Waals surface area contributed by atoms with Gasteiger partial charge in [0.15, 0.2) is 5.69 Å². The summed E-state index contributed by atoms with van der Waals surface area (Å²) in [4.78, 5) is 10.8. The molecule has 1 unspecified atom stereocenters. The zero-order valence-corrected chi connectivity index (χ0v) is 9.51. The lowest BCUT2D eigenvalue weighted by molar-refractivity contribution is 0.0994. The minimum absolute atomic E-state index is 0.104. The number of hydrogen-bond acceptors (Lipinski definition) is 6.